The van der Waals surface area contributed by atoms with Gasteiger partial charge in [0.25, 0.3) is 0 Å². The van der Waals surface area contributed by atoms with E-state index in [-0.39, 0.29) is 0 Å². The highest BCUT2D eigenvalue weighted by molar-refractivity contribution is 7.71. The predicted octanol–water partition coefficient (Wildman–Crippen LogP) is 2.59. The van der Waals surface area contributed by atoms with Crippen LogP contribution in [0.2, 0.25) is 0 Å². The molecule has 1 saturated carbocycles. The van der Waals surface area contributed by atoms with Crippen molar-refractivity contribution in [1.29, 1.82) is 0 Å². The van der Waals surface area contributed by atoms with Crippen LogP contribution in [0.4, 0.5) is 0 Å². The number of aromatic amines is 1. The van der Waals surface area contributed by atoms with Crippen molar-refractivity contribution in [2.24, 2.45) is 0 Å². The summed E-state index contributed by atoms with van der Waals surface area (Å²) in [6, 6.07) is 2.60. The SMILES string of the molecule is CN1CCN(C)C(Cc2nc(=S)cc(C3CCCC3)[nH]2)C1. The lowest BCUT2D eigenvalue weighted by atomic mass is 10.0. The smallest absolute Gasteiger partial charge is 0.129 e. The zero-order chi connectivity index (χ0) is 14.8. The quantitative estimate of drug-likeness (QED) is 0.871. The highest BCUT2D eigenvalue weighted by Crippen LogP contribution is 2.33. The van der Waals surface area contributed by atoms with Crippen LogP contribution in [-0.2, 0) is 6.42 Å². The van der Waals surface area contributed by atoms with Crippen molar-refractivity contribution in [3.63, 3.8) is 0 Å². The van der Waals surface area contributed by atoms with Gasteiger partial charge < -0.3 is 14.8 Å². The van der Waals surface area contributed by atoms with Gasteiger partial charge in [-0.3, -0.25) is 0 Å². The van der Waals surface area contributed by atoms with Gasteiger partial charge in [-0.1, -0.05) is 25.1 Å². The van der Waals surface area contributed by atoms with Crippen LogP contribution in [0.15, 0.2) is 6.07 Å². The summed E-state index contributed by atoms with van der Waals surface area (Å²) in [6.07, 6.45) is 6.24. The van der Waals surface area contributed by atoms with Gasteiger partial charge in [0, 0.05) is 37.8 Å². The van der Waals surface area contributed by atoms with E-state index in [1.54, 1.807) is 0 Å². The van der Waals surface area contributed by atoms with Crippen LogP contribution in [-0.4, -0.2) is 59.5 Å². The number of likely N-dealkylation sites (N-methyl/N-ethyl adjacent to an activating group) is 2. The lowest BCUT2D eigenvalue weighted by Gasteiger charge is -2.37. The Hall–Kier alpha value is -0.780. The fourth-order valence-electron chi connectivity index (χ4n) is 3.63. The van der Waals surface area contributed by atoms with Gasteiger partial charge in [0.1, 0.15) is 10.5 Å². The topological polar surface area (TPSA) is 35.2 Å². The van der Waals surface area contributed by atoms with Crippen LogP contribution in [0.25, 0.3) is 0 Å². The highest BCUT2D eigenvalue weighted by Gasteiger charge is 2.24. The summed E-state index contributed by atoms with van der Waals surface area (Å²) in [4.78, 5) is 13.0. The molecule has 1 aliphatic heterocycles. The van der Waals surface area contributed by atoms with Crippen molar-refractivity contribution < 1.29 is 0 Å². The summed E-state index contributed by atoms with van der Waals surface area (Å²) in [5.74, 6) is 1.73. The number of rotatable bonds is 3. The fraction of sp³-hybridized carbons (Fsp3) is 0.750. The van der Waals surface area contributed by atoms with Gasteiger partial charge in [-0.05, 0) is 38.9 Å². The van der Waals surface area contributed by atoms with Gasteiger partial charge in [0.05, 0.1) is 0 Å². The number of aromatic nitrogens is 2. The molecular formula is C16H26N4S. The first-order chi connectivity index (χ1) is 10.1. The molecule has 1 aromatic heterocycles. The maximum absolute atomic E-state index is 5.39. The maximum atomic E-state index is 5.39. The van der Waals surface area contributed by atoms with Gasteiger partial charge >= 0.3 is 0 Å². The summed E-state index contributed by atoms with van der Waals surface area (Å²) >= 11 is 5.39. The third-order valence-electron chi connectivity index (χ3n) is 5.02. The van der Waals surface area contributed by atoms with E-state index in [1.165, 1.54) is 31.4 Å². The molecule has 0 spiro atoms. The number of nitrogens with zero attached hydrogens (tertiary/aromatic N) is 3. The van der Waals surface area contributed by atoms with E-state index in [0.717, 1.165) is 36.5 Å². The molecule has 5 heteroatoms. The first kappa shape index (κ1) is 15.1. The molecule has 1 unspecified atom stereocenters. The summed E-state index contributed by atoms with van der Waals surface area (Å²) in [5.41, 5.74) is 1.31. The van der Waals surface area contributed by atoms with Crippen LogP contribution in [0.3, 0.4) is 0 Å². The molecule has 1 aromatic rings. The largest absolute Gasteiger partial charge is 0.347 e. The molecule has 2 fully saturated rings. The molecule has 116 valence electrons. The Morgan fingerprint density at radius 3 is 2.81 bits per heavy atom. The van der Waals surface area contributed by atoms with E-state index >= 15 is 0 Å². The Kier molecular flexibility index (Phi) is 4.72. The molecular weight excluding hydrogens is 280 g/mol. The van der Waals surface area contributed by atoms with E-state index in [2.05, 4.69) is 39.9 Å². The van der Waals surface area contributed by atoms with Gasteiger partial charge in [0.15, 0.2) is 0 Å². The average molecular weight is 306 g/mol. The minimum absolute atomic E-state index is 0.528. The molecule has 0 amide bonds. The molecule has 0 radical (unpaired) electrons. The van der Waals surface area contributed by atoms with Gasteiger partial charge in [0.2, 0.25) is 0 Å². The zero-order valence-electron chi connectivity index (χ0n) is 13.1. The van der Waals surface area contributed by atoms with E-state index in [4.69, 9.17) is 12.2 Å². The van der Waals surface area contributed by atoms with Crippen LogP contribution in [0.1, 0.15) is 43.1 Å². The highest BCUT2D eigenvalue weighted by atomic mass is 32.1. The van der Waals surface area contributed by atoms with Gasteiger partial charge in [-0.15, -0.1) is 0 Å². The number of nitrogens with one attached hydrogen (secondary N) is 1. The maximum Gasteiger partial charge on any atom is 0.129 e. The third kappa shape index (κ3) is 3.71. The Labute approximate surface area is 132 Å². The molecule has 1 N–H and O–H groups in total. The molecule has 2 heterocycles. The minimum Gasteiger partial charge on any atom is -0.347 e. The molecule has 1 atom stereocenters. The van der Waals surface area contributed by atoms with E-state index in [1.807, 2.05) is 0 Å². The summed E-state index contributed by atoms with van der Waals surface area (Å²) < 4.78 is 0.748. The second-order valence-electron chi connectivity index (χ2n) is 6.70. The fourth-order valence-corrected chi connectivity index (χ4v) is 3.86. The number of hydrogen-bond donors (Lipinski definition) is 1. The standard InChI is InChI=1S/C16H26N4S/c1-19-7-8-20(2)13(11-19)9-15-17-14(10-16(21)18-15)12-5-3-4-6-12/h10,12-13H,3-9,11H2,1-2H3,(H,17,18,21). The zero-order valence-corrected chi connectivity index (χ0v) is 14.0. The Bertz CT molecular complexity index is 535. The first-order valence-corrected chi connectivity index (χ1v) is 8.51. The van der Waals surface area contributed by atoms with Gasteiger partial charge in [-0.2, -0.15) is 0 Å². The predicted molar refractivity (Wildman–Crippen MR) is 88.2 cm³/mol. The van der Waals surface area contributed by atoms with E-state index in [9.17, 15) is 0 Å². The summed E-state index contributed by atoms with van der Waals surface area (Å²) in [6.45, 7) is 3.38. The van der Waals surface area contributed by atoms with Crippen LogP contribution < -0.4 is 0 Å². The normalized spacial score (nSPS) is 25.5. The van der Waals surface area contributed by atoms with E-state index in [0.29, 0.717) is 12.0 Å². The second kappa shape index (κ2) is 6.55. The van der Waals surface area contributed by atoms with Crippen LogP contribution in [0, 0.1) is 4.64 Å². The van der Waals surface area contributed by atoms with Crippen molar-refractivity contribution in [2.75, 3.05) is 33.7 Å². The molecule has 1 saturated heterocycles. The minimum atomic E-state index is 0.528. The Morgan fingerprint density at radius 1 is 1.29 bits per heavy atom. The van der Waals surface area contributed by atoms with Crippen molar-refractivity contribution in [3.05, 3.63) is 22.2 Å². The average Bonchev–Trinajstić information content (AvgIpc) is 2.96. The van der Waals surface area contributed by atoms with Crippen molar-refractivity contribution in [2.45, 2.75) is 44.1 Å². The molecule has 0 aromatic carbocycles. The third-order valence-corrected chi connectivity index (χ3v) is 5.23. The Balaban J connectivity index is 1.76. The molecule has 1 aliphatic carbocycles. The van der Waals surface area contributed by atoms with Crippen LogP contribution in [0.5, 0.6) is 0 Å². The van der Waals surface area contributed by atoms with Crippen molar-refractivity contribution in [3.8, 4) is 0 Å². The van der Waals surface area contributed by atoms with Gasteiger partial charge in [-0.25, -0.2) is 4.98 Å². The van der Waals surface area contributed by atoms with Crippen molar-refractivity contribution in [1.82, 2.24) is 19.8 Å². The number of piperazine rings is 1. The molecule has 3 rings (SSSR count). The van der Waals surface area contributed by atoms with Crippen molar-refractivity contribution >= 4 is 12.2 Å². The Morgan fingerprint density at radius 2 is 2.05 bits per heavy atom. The lowest BCUT2D eigenvalue weighted by molar-refractivity contribution is 0.113. The molecule has 2 aliphatic rings. The second-order valence-corrected chi connectivity index (χ2v) is 7.12. The molecule has 4 nitrogen and oxygen atoms in total. The first-order valence-electron chi connectivity index (χ1n) is 8.11. The monoisotopic (exact) mass is 306 g/mol. The van der Waals surface area contributed by atoms with E-state index < -0.39 is 0 Å². The molecule has 0 bridgehead atoms. The number of H-pyrrole nitrogens is 1. The summed E-state index contributed by atoms with van der Waals surface area (Å²) in [5, 5.41) is 0. The summed E-state index contributed by atoms with van der Waals surface area (Å²) in [7, 11) is 4.41. The van der Waals surface area contributed by atoms with Crippen LogP contribution >= 0.6 is 12.2 Å². The number of hydrogen-bond acceptors (Lipinski definition) is 4. The molecule has 21 heavy (non-hydrogen) atoms. The lowest BCUT2D eigenvalue weighted by Crippen LogP contribution is -2.51.